The quantitative estimate of drug-likeness (QED) is 0.724. The fraction of sp³-hybridized carbons (Fsp3) is 0.350. The lowest BCUT2D eigenvalue weighted by Gasteiger charge is -2.22. The molecule has 0 radical (unpaired) electrons. The monoisotopic (exact) mass is 367 g/mol. The number of nitrogens with zero attached hydrogens (tertiary/aromatic N) is 5. The second kappa shape index (κ2) is 7.75. The summed E-state index contributed by atoms with van der Waals surface area (Å²) in [5, 5.41) is 13.8. The Hall–Kier alpha value is -2.93. The van der Waals surface area contributed by atoms with Gasteiger partial charge in [-0.3, -0.25) is 9.48 Å². The van der Waals surface area contributed by atoms with Gasteiger partial charge in [0.05, 0.1) is 12.3 Å². The Balaban J connectivity index is 1.83. The molecule has 0 saturated carbocycles. The fourth-order valence-corrected chi connectivity index (χ4v) is 3.20. The molecule has 0 atom stereocenters. The molecule has 3 rings (SSSR count). The van der Waals surface area contributed by atoms with Crippen molar-refractivity contribution in [2.45, 2.75) is 20.4 Å². The smallest absolute Gasteiger partial charge is 0.254 e. The summed E-state index contributed by atoms with van der Waals surface area (Å²) in [5.74, 6) is 0.737. The van der Waals surface area contributed by atoms with Gasteiger partial charge in [-0.25, -0.2) is 4.98 Å². The maximum atomic E-state index is 13.0. The van der Waals surface area contributed by atoms with Crippen molar-refractivity contribution >= 4 is 5.91 Å². The summed E-state index contributed by atoms with van der Waals surface area (Å²) >= 11 is 0. The number of carbonyl (C=O) groups is 1. The molecule has 7 heteroatoms. The summed E-state index contributed by atoms with van der Waals surface area (Å²) in [4.78, 5) is 19.0. The van der Waals surface area contributed by atoms with Crippen molar-refractivity contribution in [2.24, 2.45) is 14.1 Å². The van der Waals surface area contributed by atoms with E-state index in [4.69, 9.17) is 0 Å². The van der Waals surface area contributed by atoms with Gasteiger partial charge in [0, 0.05) is 62.0 Å². The molecule has 0 fully saturated rings. The maximum absolute atomic E-state index is 13.0. The van der Waals surface area contributed by atoms with E-state index in [1.54, 1.807) is 23.2 Å². The van der Waals surface area contributed by atoms with Crippen LogP contribution >= 0.6 is 0 Å². The standard InChI is InChI=1S/C20H25N5O2/c1-14-18(15(2)24(4)22-14)13-25(11-12-26)20(27)17-7-5-16(6-8-17)19-21-9-10-23(19)3/h5-10,26H,11-13H2,1-4H3. The van der Waals surface area contributed by atoms with Gasteiger partial charge in [0.15, 0.2) is 0 Å². The first kappa shape index (κ1) is 18.8. The Morgan fingerprint density at radius 1 is 1.19 bits per heavy atom. The van der Waals surface area contributed by atoms with E-state index in [9.17, 15) is 9.90 Å². The zero-order valence-corrected chi connectivity index (χ0v) is 16.2. The van der Waals surface area contributed by atoms with Crippen LogP contribution in [0.4, 0.5) is 0 Å². The summed E-state index contributed by atoms with van der Waals surface area (Å²) in [5.41, 5.74) is 4.47. The minimum atomic E-state index is -0.113. The number of amides is 1. The predicted molar refractivity (Wildman–Crippen MR) is 103 cm³/mol. The van der Waals surface area contributed by atoms with Crippen LogP contribution < -0.4 is 0 Å². The lowest BCUT2D eigenvalue weighted by molar-refractivity contribution is 0.0707. The molecule has 2 heterocycles. The van der Waals surface area contributed by atoms with Crippen molar-refractivity contribution in [3.63, 3.8) is 0 Å². The highest BCUT2D eigenvalue weighted by atomic mass is 16.3. The van der Waals surface area contributed by atoms with E-state index >= 15 is 0 Å². The number of benzene rings is 1. The van der Waals surface area contributed by atoms with Gasteiger partial charge in [0.2, 0.25) is 0 Å². The van der Waals surface area contributed by atoms with Crippen LogP contribution in [0.25, 0.3) is 11.4 Å². The number of aryl methyl sites for hydroxylation is 3. The highest BCUT2D eigenvalue weighted by Crippen LogP contribution is 2.20. The molecule has 1 amide bonds. The molecule has 27 heavy (non-hydrogen) atoms. The molecule has 3 aromatic rings. The van der Waals surface area contributed by atoms with Gasteiger partial charge in [-0.1, -0.05) is 12.1 Å². The van der Waals surface area contributed by atoms with Gasteiger partial charge < -0.3 is 14.6 Å². The van der Waals surface area contributed by atoms with Crippen LogP contribution in [-0.2, 0) is 20.6 Å². The summed E-state index contributed by atoms with van der Waals surface area (Å²) in [6.07, 6.45) is 3.63. The van der Waals surface area contributed by atoms with Gasteiger partial charge in [-0.15, -0.1) is 0 Å². The van der Waals surface area contributed by atoms with Crippen LogP contribution in [0.5, 0.6) is 0 Å². The average Bonchev–Trinajstić information content (AvgIpc) is 3.19. The molecule has 142 valence electrons. The van der Waals surface area contributed by atoms with E-state index < -0.39 is 0 Å². The van der Waals surface area contributed by atoms with Crippen molar-refractivity contribution < 1.29 is 9.90 Å². The molecular formula is C20H25N5O2. The molecule has 1 N–H and O–H groups in total. The molecule has 1 aromatic carbocycles. The van der Waals surface area contributed by atoms with E-state index in [-0.39, 0.29) is 19.1 Å². The largest absolute Gasteiger partial charge is 0.395 e. The van der Waals surface area contributed by atoms with Crippen LogP contribution in [0.3, 0.4) is 0 Å². The Bertz CT molecular complexity index is 940. The molecule has 0 unspecified atom stereocenters. The predicted octanol–water partition coefficient (Wildman–Crippen LogP) is 2.07. The molecule has 7 nitrogen and oxygen atoms in total. The van der Waals surface area contributed by atoms with Crippen LogP contribution in [-0.4, -0.2) is 48.4 Å². The highest BCUT2D eigenvalue weighted by Gasteiger charge is 2.20. The Morgan fingerprint density at radius 2 is 1.89 bits per heavy atom. The molecule has 0 aliphatic heterocycles. The second-order valence-electron chi connectivity index (χ2n) is 6.66. The summed E-state index contributed by atoms with van der Waals surface area (Å²) in [7, 11) is 3.82. The van der Waals surface area contributed by atoms with E-state index in [1.165, 1.54) is 0 Å². The Morgan fingerprint density at radius 3 is 2.41 bits per heavy atom. The molecule has 0 aliphatic rings. The number of aliphatic hydroxyl groups excluding tert-OH is 1. The normalized spacial score (nSPS) is 11.0. The van der Waals surface area contributed by atoms with Crippen LogP contribution in [0, 0.1) is 13.8 Å². The van der Waals surface area contributed by atoms with Gasteiger partial charge in [-0.2, -0.15) is 5.10 Å². The minimum absolute atomic E-state index is 0.0878. The summed E-state index contributed by atoms with van der Waals surface area (Å²) in [6.45, 7) is 4.53. The second-order valence-corrected chi connectivity index (χ2v) is 6.66. The third-order valence-corrected chi connectivity index (χ3v) is 4.88. The number of hydrogen-bond acceptors (Lipinski definition) is 4. The van der Waals surface area contributed by atoms with E-state index in [2.05, 4.69) is 10.1 Å². The third kappa shape index (κ3) is 3.78. The summed E-state index contributed by atoms with van der Waals surface area (Å²) in [6, 6.07) is 7.40. The van der Waals surface area contributed by atoms with Crippen molar-refractivity contribution in [3.8, 4) is 11.4 Å². The number of hydrogen-bond donors (Lipinski definition) is 1. The zero-order valence-electron chi connectivity index (χ0n) is 16.2. The number of carbonyl (C=O) groups excluding carboxylic acids is 1. The van der Waals surface area contributed by atoms with Crippen LogP contribution in [0.2, 0.25) is 0 Å². The van der Waals surface area contributed by atoms with Crippen molar-refractivity contribution in [1.82, 2.24) is 24.2 Å². The number of aliphatic hydroxyl groups is 1. The average molecular weight is 367 g/mol. The number of imidazole rings is 1. The lowest BCUT2D eigenvalue weighted by Crippen LogP contribution is -2.33. The molecule has 0 bridgehead atoms. The van der Waals surface area contributed by atoms with Gasteiger partial charge >= 0.3 is 0 Å². The highest BCUT2D eigenvalue weighted by molar-refractivity contribution is 5.94. The molecule has 2 aromatic heterocycles. The van der Waals surface area contributed by atoms with E-state index in [0.29, 0.717) is 12.1 Å². The molecule has 0 spiro atoms. The van der Waals surface area contributed by atoms with Gasteiger partial charge in [0.1, 0.15) is 5.82 Å². The molecule has 0 saturated heterocycles. The molecule has 0 aliphatic carbocycles. The topological polar surface area (TPSA) is 76.2 Å². The number of rotatable bonds is 6. The van der Waals surface area contributed by atoms with Crippen molar-refractivity contribution in [2.75, 3.05) is 13.2 Å². The number of aromatic nitrogens is 4. The first-order valence-electron chi connectivity index (χ1n) is 8.89. The van der Waals surface area contributed by atoms with Crippen LogP contribution in [0.15, 0.2) is 36.7 Å². The zero-order chi connectivity index (χ0) is 19.6. The van der Waals surface area contributed by atoms with E-state index in [0.717, 1.165) is 28.3 Å². The lowest BCUT2D eigenvalue weighted by atomic mass is 10.1. The SMILES string of the molecule is Cc1nn(C)c(C)c1CN(CCO)C(=O)c1ccc(-c2nccn2C)cc1. The fourth-order valence-electron chi connectivity index (χ4n) is 3.20. The third-order valence-electron chi connectivity index (χ3n) is 4.88. The Labute approximate surface area is 158 Å². The first-order chi connectivity index (χ1) is 12.9. The minimum Gasteiger partial charge on any atom is -0.395 e. The van der Waals surface area contributed by atoms with Crippen molar-refractivity contribution in [1.29, 1.82) is 0 Å². The van der Waals surface area contributed by atoms with Gasteiger partial charge in [-0.05, 0) is 26.0 Å². The maximum Gasteiger partial charge on any atom is 0.254 e. The van der Waals surface area contributed by atoms with Crippen LogP contribution in [0.1, 0.15) is 27.3 Å². The molecular weight excluding hydrogens is 342 g/mol. The summed E-state index contributed by atoms with van der Waals surface area (Å²) < 4.78 is 3.75. The van der Waals surface area contributed by atoms with E-state index in [1.807, 2.05) is 55.5 Å². The van der Waals surface area contributed by atoms with Gasteiger partial charge in [0.25, 0.3) is 5.91 Å². The first-order valence-corrected chi connectivity index (χ1v) is 8.89. The Kier molecular flexibility index (Phi) is 5.41. The van der Waals surface area contributed by atoms with Crippen molar-refractivity contribution in [3.05, 3.63) is 59.2 Å².